The van der Waals surface area contributed by atoms with Gasteiger partial charge in [-0.15, -0.1) is 0 Å². The Morgan fingerprint density at radius 2 is 1.87 bits per heavy atom. The Labute approximate surface area is 182 Å². The van der Waals surface area contributed by atoms with Crippen LogP contribution in [0.1, 0.15) is 56.3 Å². The van der Waals surface area contributed by atoms with Gasteiger partial charge in [0, 0.05) is 49.3 Å². The Kier molecular flexibility index (Phi) is 5.24. The smallest absolute Gasteiger partial charge is 0.258 e. The molecule has 0 radical (unpaired) electrons. The number of hydrogen-bond donors (Lipinski definition) is 1. The molecule has 1 aliphatic carbocycles. The summed E-state index contributed by atoms with van der Waals surface area (Å²) in [6.07, 6.45) is 8.50. The summed E-state index contributed by atoms with van der Waals surface area (Å²) in [6, 6.07) is 2.89. The van der Waals surface area contributed by atoms with Crippen LogP contribution in [0.15, 0.2) is 23.0 Å². The molecule has 5 rings (SSSR count). The molecule has 4 atom stereocenters. The summed E-state index contributed by atoms with van der Waals surface area (Å²) in [5.41, 5.74) is 1.24. The monoisotopic (exact) mass is 425 g/mol. The Morgan fingerprint density at radius 3 is 2.52 bits per heavy atom. The van der Waals surface area contributed by atoms with Gasteiger partial charge in [-0.1, -0.05) is 12.2 Å². The molecule has 2 saturated heterocycles. The first-order valence-electron chi connectivity index (χ1n) is 11.6. The minimum absolute atomic E-state index is 0.0220. The first-order valence-corrected chi connectivity index (χ1v) is 11.6. The fourth-order valence-corrected chi connectivity index (χ4v) is 5.88. The van der Waals surface area contributed by atoms with Gasteiger partial charge in [0.1, 0.15) is 0 Å². The molecule has 4 aliphatic rings. The highest BCUT2D eigenvalue weighted by Crippen LogP contribution is 2.51. The van der Waals surface area contributed by atoms with Gasteiger partial charge in [-0.2, -0.15) is 0 Å². The van der Waals surface area contributed by atoms with Gasteiger partial charge >= 0.3 is 0 Å². The highest BCUT2D eigenvalue weighted by atomic mass is 16.3. The number of hydrogen-bond acceptors (Lipinski definition) is 4. The topological polar surface area (TPSA) is 82.8 Å². The number of likely N-dealkylation sites (tertiary alicyclic amines) is 1. The SMILES string of the molecule is C/C=C/c1ccc2n(c1=O)C[C@H]1[C@H](CO)[C@@H](C(=O)N3CCCCC3)[C@@H]2N1C(=O)C1CC1. The van der Waals surface area contributed by atoms with Gasteiger partial charge in [0.25, 0.3) is 5.56 Å². The maximum atomic E-state index is 13.7. The average molecular weight is 426 g/mol. The van der Waals surface area contributed by atoms with E-state index in [4.69, 9.17) is 0 Å². The largest absolute Gasteiger partial charge is 0.396 e. The Balaban J connectivity index is 1.62. The Morgan fingerprint density at radius 1 is 1.13 bits per heavy atom. The number of aliphatic hydroxyl groups excluding tert-OH is 1. The molecule has 4 heterocycles. The van der Waals surface area contributed by atoms with E-state index in [0.717, 1.165) is 50.9 Å². The predicted octanol–water partition coefficient (Wildman–Crippen LogP) is 1.79. The normalized spacial score (nSPS) is 30.0. The number of pyridine rings is 1. The fourth-order valence-electron chi connectivity index (χ4n) is 5.88. The molecule has 31 heavy (non-hydrogen) atoms. The number of nitrogens with zero attached hydrogens (tertiary/aromatic N) is 3. The molecule has 0 aromatic carbocycles. The van der Waals surface area contributed by atoms with E-state index in [1.807, 2.05) is 28.9 Å². The second kappa shape index (κ2) is 7.93. The van der Waals surface area contributed by atoms with Crippen LogP contribution in [0.4, 0.5) is 0 Å². The van der Waals surface area contributed by atoms with Crippen LogP contribution >= 0.6 is 0 Å². The van der Waals surface area contributed by atoms with Gasteiger partial charge in [0.2, 0.25) is 11.8 Å². The van der Waals surface area contributed by atoms with E-state index < -0.39 is 12.0 Å². The molecule has 1 aromatic rings. The molecular weight excluding hydrogens is 394 g/mol. The van der Waals surface area contributed by atoms with E-state index in [1.54, 1.807) is 16.7 Å². The van der Waals surface area contributed by atoms with Gasteiger partial charge in [-0.3, -0.25) is 14.4 Å². The lowest BCUT2D eigenvalue weighted by Gasteiger charge is -2.39. The van der Waals surface area contributed by atoms with Gasteiger partial charge < -0.3 is 19.5 Å². The van der Waals surface area contributed by atoms with Gasteiger partial charge in [0.05, 0.1) is 18.0 Å². The fraction of sp³-hybridized carbons (Fsp3) is 0.625. The second-order valence-electron chi connectivity index (χ2n) is 9.42. The van der Waals surface area contributed by atoms with Crippen LogP contribution in [0.25, 0.3) is 6.08 Å². The molecule has 1 saturated carbocycles. The van der Waals surface area contributed by atoms with Crippen molar-refractivity contribution in [3.05, 3.63) is 39.8 Å². The van der Waals surface area contributed by atoms with Crippen molar-refractivity contribution >= 4 is 17.9 Å². The molecule has 3 aliphatic heterocycles. The number of aliphatic hydroxyl groups is 1. The van der Waals surface area contributed by atoms with Crippen molar-refractivity contribution in [3.63, 3.8) is 0 Å². The van der Waals surface area contributed by atoms with Crippen LogP contribution in [0.2, 0.25) is 0 Å². The number of allylic oxidation sites excluding steroid dienone is 1. The van der Waals surface area contributed by atoms with Gasteiger partial charge in [0.15, 0.2) is 0 Å². The van der Waals surface area contributed by atoms with Crippen molar-refractivity contribution in [1.82, 2.24) is 14.4 Å². The number of carbonyl (C=O) groups is 2. The standard InChI is InChI=1S/C24H31N3O4/c1-2-6-15-9-10-18-21-20(24(31)25-11-4-3-5-12-25)17(14-28)19(13-26(18)22(15)29)27(21)23(30)16-7-8-16/h2,6,9-10,16-17,19-21,28H,3-5,7-8,11-14H2,1H3/b6-2+/t17-,19-,20+,21+/m0/s1. The number of fused-ring (bicyclic) bond motifs is 4. The van der Waals surface area contributed by atoms with Crippen LogP contribution < -0.4 is 5.56 Å². The number of aromatic nitrogens is 1. The lowest BCUT2D eigenvalue weighted by atomic mass is 9.85. The molecule has 0 spiro atoms. The lowest BCUT2D eigenvalue weighted by molar-refractivity contribution is -0.141. The molecule has 2 amide bonds. The van der Waals surface area contributed by atoms with Crippen molar-refractivity contribution in [2.45, 2.75) is 57.7 Å². The van der Waals surface area contributed by atoms with E-state index in [2.05, 4.69) is 0 Å². The quantitative estimate of drug-likeness (QED) is 0.797. The highest BCUT2D eigenvalue weighted by Gasteiger charge is 2.59. The first-order chi connectivity index (χ1) is 15.1. The summed E-state index contributed by atoms with van der Waals surface area (Å²) < 4.78 is 1.74. The molecule has 7 nitrogen and oxygen atoms in total. The van der Waals surface area contributed by atoms with Crippen LogP contribution in [0.3, 0.4) is 0 Å². The van der Waals surface area contributed by atoms with E-state index in [0.29, 0.717) is 12.1 Å². The molecule has 166 valence electrons. The molecule has 2 bridgehead atoms. The summed E-state index contributed by atoms with van der Waals surface area (Å²) in [6.45, 7) is 3.51. The summed E-state index contributed by atoms with van der Waals surface area (Å²) in [4.78, 5) is 44.0. The van der Waals surface area contributed by atoms with E-state index in [9.17, 15) is 19.5 Å². The molecule has 7 heteroatoms. The third-order valence-electron chi connectivity index (χ3n) is 7.55. The van der Waals surface area contributed by atoms with Crippen LogP contribution in [-0.4, -0.2) is 57.0 Å². The number of rotatable bonds is 4. The summed E-state index contributed by atoms with van der Waals surface area (Å²) in [5.74, 6) is -0.728. The number of amides is 2. The van der Waals surface area contributed by atoms with Gasteiger partial charge in [-0.25, -0.2) is 0 Å². The van der Waals surface area contributed by atoms with Crippen molar-refractivity contribution in [3.8, 4) is 0 Å². The third kappa shape index (κ3) is 3.25. The highest BCUT2D eigenvalue weighted by molar-refractivity contribution is 5.86. The van der Waals surface area contributed by atoms with Crippen molar-refractivity contribution in [1.29, 1.82) is 0 Å². The molecule has 1 aromatic heterocycles. The zero-order chi connectivity index (χ0) is 21.7. The Hall–Kier alpha value is -2.41. The van der Waals surface area contributed by atoms with Crippen LogP contribution in [0, 0.1) is 17.8 Å². The third-order valence-corrected chi connectivity index (χ3v) is 7.55. The van der Waals surface area contributed by atoms with Crippen molar-refractivity contribution < 1.29 is 14.7 Å². The number of carbonyl (C=O) groups excluding carboxylic acids is 2. The van der Waals surface area contributed by atoms with Crippen molar-refractivity contribution in [2.75, 3.05) is 19.7 Å². The maximum Gasteiger partial charge on any atom is 0.258 e. The summed E-state index contributed by atoms with van der Waals surface area (Å²) >= 11 is 0. The van der Waals surface area contributed by atoms with Crippen LogP contribution in [0.5, 0.6) is 0 Å². The molecule has 1 N–H and O–H groups in total. The minimum atomic E-state index is -0.503. The summed E-state index contributed by atoms with van der Waals surface area (Å²) in [7, 11) is 0. The van der Waals surface area contributed by atoms with E-state index in [1.165, 1.54) is 0 Å². The van der Waals surface area contributed by atoms with E-state index >= 15 is 0 Å². The Bertz CT molecular complexity index is 974. The van der Waals surface area contributed by atoms with Gasteiger partial charge in [-0.05, 0) is 51.2 Å². The predicted molar refractivity (Wildman–Crippen MR) is 116 cm³/mol. The van der Waals surface area contributed by atoms with Crippen LogP contribution in [-0.2, 0) is 16.1 Å². The average Bonchev–Trinajstić information content (AvgIpc) is 3.61. The zero-order valence-electron chi connectivity index (χ0n) is 18.1. The maximum absolute atomic E-state index is 13.7. The molecule has 3 fully saturated rings. The van der Waals surface area contributed by atoms with Crippen molar-refractivity contribution in [2.24, 2.45) is 17.8 Å². The lowest BCUT2D eigenvalue weighted by Crippen LogP contribution is -2.50. The zero-order valence-corrected chi connectivity index (χ0v) is 18.1. The summed E-state index contributed by atoms with van der Waals surface area (Å²) in [5, 5.41) is 10.4. The first kappa shape index (κ1) is 20.5. The second-order valence-corrected chi connectivity index (χ2v) is 9.42. The minimum Gasteiger partial charge on any atom is -0.396 e. The molecule has 0 unspecified atom stereocenters. The number of piperidine rings is 1. The molecular formula is C24H31N3O4. The van der Waals surface area contributed by atoms with E-state index in [-0.39, 0.29) is 41.9 Å².